The van der Waals surface area contributed by atoms with Gasteiger partial charge in [0.1, 0.15) is 5.75 Å². The van der Waals surface area contributed by atoms with Crippen molar-refractivity contribution in [1.82, 2.24) is 10.3 Å². The Balaban J connectivity index is 0.00000108. The molecule has 2 aromatic rings. The maximum absolute atomic E-state index is 5.25. The molecule has 0 bridgehead atoms. The summed E-state index contributed by atoms with van der Waals surface area (Å²) in [6, 6.07) is 6.28. The topological polar surface area (TPSA) is 37.0 Å². The van der Waals surface area contributed by atoms with E-state index in [0.717, 1.165) is 31.7 Å². The van der Waals surface area contributed by atoms with Crippen LogP contribution in [-0.2, 0) is 12.8 Å². The molecule has 4 heteroatoms. The summed E-state index contributed by atoms with van der Waals surface area (Å²) in [7, 11) is 1.71. The van der Waals surface area contributed by atoms with Crippen LogP contribution in [0, 0.1) is 0 Å². The van der Waals surface area contributed by atoms with Crippen LogP contribution < -0.4 is 10.1 Å². The van der Waals surface area contributed by atoms with Crippen molar-refractivity contribution in [3.05, 3.63) is 29.5 Å². The molecule has 0 amide bonds. The second kappa shape index (κ2) is 4.98. The van der Waals surface area contributed by atoms with Crippen LogP contribution in [-0.4, -0.2) is 25.2 Å². The number of ether oxygens (including phenoxy) is 1. The molecule has 0 saturated carbocycles. The van der Waals surface area contributed by atoms with E-state index in [1.54, 1.807) is 7.11 Å². The monoisotopic (exact) mass is 252 g/mol. The van der Waals surface area contributed by atoms with Gasteiger partial charge in [0.15, 0.2) is 0 Å². The van der Waals surface area contributed by atoms with E-state index in [4.69, 9.17) is 4.74 Å². The van der Waals surface area contributed by atoms with Gasteiger partial charge < -0.3 is 15.0 Å². The predicted octanol–water partition coefficient (Wildman–Crippen LogP) is 2.29. The Labute approximate surface area is 107 Å². The van der Waals surface area contributed by atoms with Crippen molar-refractivity contribution in [3.63, 3.8) is 0 Å². The fourth-order valence-corrected chi connectivity index (χ4v) is 2.47. The van der Waals surface area contributed by atoms with Crippen molar-refractivity contribution in [3.8, 4) is 5.75 Å². The van der Waals surface area contributed by atoms with Gasteiger partial charge in [0.2, 0.25) is 0 Å². The predicted molar refractivity (Wildman–Crippen MR) is 72.4 cm³/mol. The summed E-state index contributed by atoms with van der Waals surface area (Å²) in [6.07, 6.45) is 2.20. The Hall–Kier alpha value is -1.19. The molecule has 0 spiro atoms. The largest absolute Gasteiger partial charge is 0.497 e. The number of benzene rings is 1. The lowest BCUT2D eigenvalue weighted by Gasteiger charge is -2.00. The van der Waals surface area contributed by atoms with Gasteiger partial charge in [-0.1, -0.05) is 0 Å². The van der Waals surface area contributed by atoms with E-state index in [1.165, 1.54) is 22.2 Å². The molecule has 3 nitrogen and oxygen atoms in total. The van der Waals surface area contributed by atoms with Gasteiger partial charge in [-0.3, -0.25) is 0 Å². The molecule has 0 unspecified atom stereocenters. The average molecular weight is 253 g/mol. The van der Waals surface area contributed by atoms with E-state index < -0.39 is 0 Å². The fourth-order valence-electron chi connectivity index (χ4n) is 2.47. The summed E-state index contributed by atoms with van der Waals surface area (Å²) in [5.74, 6) is 0.919. The lowest BCUT2D eigenvalue weighted by Crippen LogP contribution is -2.16. The first-order valence-corrected chi connectivity index (χ1v) is 5.76. The molecule has 1 aliphatic rings. The third kappa shape index (κ3) is 2.13. The third-order valence-electron chi connectivity index (χ3n) is 3.31. The van der Waals surface area contributed by atoms with E-state index in [1.807, 2.05) is 6.07 Å². The number of H-pyrrole nitrogens is 1. The van der Waals surface area contributed by atoms with Crippen molar-refractivity contribution in [2.75, 3.05) is 20.2 Å². The molecule has 2 N–H and O–H groups in total. The zero-order chi connectivity index (χ0) is 11.0. The number of rotatable bonds is 1. The van der Waals surface area contributed by atoms with Crippen LogP contribution in [0.4, 0.5) is 0 Å². The van der Waals surface area contributed by atoms with Gasteiger partial charge in [-0.25, -0.2) is 0 Å². The molecule has 0 fully saturated rings. The van der Waals surface area contributed by atoms with E-state index >= 15 is 0 Å². The summed E-state index contributed by atoms with van der Waals surface area (Å²) >= 11 is 0. The SMILES string of the molecule is COc1ccc2c3c([nH]c2c1)CCNCC3.Cl. The average Bonchev–Trinajstić information content (AvgIpc) is 2.50. The summed E-state index contributed by atoms with van der Waals surface area (Å²) in [6.45, 7) is 2.14. The minimum absolute atomic E-state index is 0. The number of hydrogen-bond donors (Lipinski definition) is 2. The second-order valence-corrected chi connectivity index (χ2v) is 4.24. The van der Waals surface area contributed by atoms with Gasteiger partial charge in [0.25, 0.3) is 0 Å². The first-order chi connectivity index (χ1) is 7.88. The van der Waals surface area contributed by atoms with Crippen LogP contribution in [0.2, 0.25) is 0 Å². The molecule has 2 heterocycles. The first-order valence-electron chi connectivity index (χ1n) is 5.76. The van der Waals surface area contributed by atoms with Crippen LogP contribution in [0.3, 0.4) is 0 Å². The second-order valence-electron chi connectivity index (χ2n) is 4.24. The molecule has 1 aliphatic heterocycles. The Morgan fingerprint density at radius 3 is 2.82 bits per heavy atom. The molecule has 0 atom stereocenters. The Morgan fingerprint density at radius 1 is 1.18 bits per heavy atom. The smallest absolute Gasteiger partial charge is 0.120 e. The molecule has 17 heavy (non-hydrogen) atoms. The first kappa shape index (κ1) is 12.3. The number of methoxy groups -OCH3 is 1. The van der Waals surface area contributed by atoms with Crippen molar-refractivity contribution in [1.29, 1.82) is 0 Å². The van der Waals surface area contributed by atoms with Gasteiger partial charge >= 0.3 is 0 Å². The van der Waals surface area contributed by atoms with Crippen LogP contribution >= 0.6 is 12.4 Å². The maximum Gasteiger partial charge on any atom is 0.120 e. The summed E-state index contributed by atoms with van der Waals surface area (Å²) < 4.78 is 5.25. The van der Waals surface area contributed by atoms with Crippen molar-refractivity contribution in [2.24, 2.45) is 0 Å². The molecule has 92 valence electrons. The number of halogens is 1. The number of fused-ring (bicyclic) bond motifs is 3. The Kier molecular flexibility index (Phi) is 3.60. The summed E-state index contributed by atoms with van der Waals surface area (Å²) in [5, 5.41) is 4.77. The van der Waals surface area contributed by atoms with E-state index in [9.17, 15) is 0 Å². The Morgan fingerprint density at radius 2 is 2.00 bits per heavy atom. The lowest BCUT2D eigenvalue weighted by atomic mass is 10.1. The quantitative estimate of drug-likeness (QED) is 0.817. The maximum atomic E-state index is 5.25. The third-order valence-corrected chi connectivity index (χ3v) is 3.31. The number of aromatic amines is 1. The highest BCUT2D eigenvalue weighted by atomic mass is 35.5. The van der Waals surface area contributed by atoms with Gasteiger partial charge in [-0.2, -0.15) is 0 Å². The number of nitrogens with one attached hydrogen (secondary N) is 2. The standard InChI is InChI=1S/C13H16N2O.ClH/c1-16-9-2-3-10-11-4-6-14-7-5-12(11)15-13(10)8-9;/h2-3,8,14-15H,4-7H2,1H3;1H. The Bertz CT molecular complexity index is 521. The number of aromatic nitrogens is 1. The molecule has 3 rings (SSSR count). The molecule has 0 saturated heterocycles. The molecule has 1 aromatic heterocycles. The van der Waals surface area contributed by atoms with Gasteiger partial charge in [0, 0.05) is 35.6 Å². The minimum Gasteiger partial charge on any atom is -0.497 e. The normalized spacial score (nSPS) is 14.9. The van der Waals surface area contributed by atoms with Crippen LogP contribution in [0.5, 0.6) is 5.75 Å². The van der Waals surface area contributed by atoms with E-state index in [2.05, 4.69) is 22.4 Å². The number of hydrogen-bond acceptors (Lipinski definition) is 2. The lowest BCUT2D eigenvalue weighted by molar-refractivity contribution is 0.415. The molecule has 1 aromatic carbocycles. The summed E-state index contributed by atoms with van der Waals surface area (Å²) in [4.78, 5) is 3.51. The summed E-state index contributed by atoms with van der Waals surface area (Å²) in [5.41, 5.74) is 4.06. The van der Waals surface area contributed by atoms with Crippen LogP contribution in [0.25, 0.3) is 10.9 Å². The molecule has 0 radical (unpaired) electrons. The van der Waals surface area contributed by atoms with Gasteiger partial charge in [-0.15, -0.1) is 12.4 Å². The highest BCUT2D eigenvalue weighted by Crippen LogP contribution is 2.27. The van der Waals surface area contributed by atoms with Gasteiger partial charge in [0.05, 0.1) is 7.11 Å². The van der Waals surface area contributed by atoms with Crippen molar-refractivity contribution >= 4 is 23.3 Å². The van der Waals surface area contributed by atoms with Crippen LogP contribution in [0.1, 0.15) is 11.3 Å². The van der Waals surface area contributed by atoms with E-state index in [0.29, 0.717) is 0 Å². The highest BCUT2D eigenvalue weighted by molar-refractivity contribution is 5.86. The molecular weight excluding hydrogens is 236 g/mol. The fraction of sp³-hybridized carbons (Fsp3) is 0.385. The van der Waals surface area contributed by atoms with Gasteiger partial charge in [-0.05, 0) is 30.7 Å². The highest BCUT2D eigenvalue weighted by Gasteiger charge is 2.13. The molecular formula is C13H17ClN2O. The zero-order valence-corrected chi connectivity index (χ0v) is 10.7. The van der Waals surface area contributed by atoms with Crippen molar-refractivity contribution in [2.45, 2.75) is 12.8 Å². The van der Waals surface area contributed by atoms with Crippen LogP contribution in [0.15, 0.2) is 18.2 Å². The van der Waals surface area contributed by atoms with E-state index in [-0.39, 0.29) is 12.4 Å². The minimum atomic E-state index is 0. The zero-order valence-electron chi connectivity index (χ0n) is 9.88. The molecule has 0 aliphatic carbocycles. The van der Waals surface area contributed by atoms with Crippen molar-refractivity contribution < 1.29 is 4.74 Å².